The van der Waals surface area contributed by atoms with Gasteiger partial charge in [-0.1, -0.05) is 0 Å². The first-order chi connectivity index (χ1) is 14.1. The van der Waals surface area contributed by atoms with Crippen LogP contribution >= 0.6 is 0 Å². The number of carbonyl (C=O) groups is 2. The van der Waals surface area contributed by atoms with Gasteiger partial charge in [0.15, 0.2) is 5.65 Å². The molecule has 0 radical (unpaired) electrons. The number of carbonyl (C=O) groups excluding carboxylic acids is 2. The summed E-state index contributed by atoms with van der Waals surface area (Å²) in [6.45, 7) is 3.13. The lowest BCUT2D eigenvalue weighted by Gasteiger charge is -2.29. The number of nitrogens with zero attached hydrogens (tertiary/aromatic N) is 5. The average molecular weight is 399 g/mol. The number of aromatic nitrogens is 3. The van der Waals surface area contributed by atoms with Crippen LogP contribution in [0.15, 0.2) is 18.6 Å². The summed E-state index contributed by atoms with van der Waals surface area (Å²) in [5, 5.41) is 0. The van der Waals surface area contributed by atoms with E-state index in [1.54, 1.807) is 23.0 Å². The molecule has 0 saturated carbocycles. The summed E-state index contributed by atoms with van der Waals surface area (Å²) >= 11 is 0. The molecule has 5 heterocycles. The van der Waals surface area contributed by atoms with E-state index in [9.17, 15) is 9.59 Å². The molecule has 2 amide bonds. The molecule has 3 aliphatic rings. The summed E-state index contributed by atoms with van der Waals surface area (Å²) < 4.78 is 13.2. The molecule has 0 aromatic carbocycles. The Balaban J connectivity index is 1.40. The van der Waals surface area contributed by atoms with Crippen LogP contribution in [0.2, 0.25) is 0 Å². The molecule has 5 rings (SSSR count). The summed E-state index contributed by atoms with van der Waals surface area (Å²) in [5.74, 6) is -0.382. The van der Waals surface area contributed by atoms with Gasteiger partial charge in [-0.05, 0) is 18.9 Å². The maximum absolute atomic E-state index is 13.2. The molecule has 0 spiro atoms. The fourth-order valence-electron chi connectivity index (χ4n) is 4.51. The summed E-state index contributed by atoms with van der Waals surface area (Å²) in [6.07, 6.45) is 5.32. The van der Waals surface area contributed by atoms with Crippen molar-refractivity contribution in [3.8, 4) is 0 Å². The van der Waals surface area contributed by atoms with E-state index in [0.29, 0.717) is 43.4 Å². The minimum atomic E-state index is -0.319. The highest BCUT2D eigenvalue weighted by Gasteiger charge is 2.39. The second-order valence-electron chi connectivity index (χ2n) is 8.11. The zero-order valence-corrected chi connectivity index (χ0v) is 16.5. The zero-order chi connectivity index (χ0) is 20.0. The molecular formula is C20H25N5O4. The predicted octanol–water partition coefficient (Wildman–Crippen LogP) is 0.712. The number of likely N-dealkylation sites (N-methyl/N-ethyl adjacent to an activating group) is 1. The molecule has 29 heavy (non-hydrogen) atoms. The molecule has 3 aliphatic heterocycles. The quantitative estimate of drug-likeness (QED) is 0.739. The molecule has 154 valence electrons. The topological polar surface area (TPSA) is 89.8 Å². The third-order valence-electron chi connectivity index (χ3n) is 6.28. The van der Waals surface area contributed by atoms with Gasteiger partial charge in [0.05, 0.1) is 37.1 Å². The van der Waals surface area contributed by atoms with Gasteiger partial charge in [-0.2, -0.15) is 0 Å². The Morgan fingerprint density at radius 3 is 2.76 bits per heavy atom. The van der Waals surface area contributed by atoms with Crippen molar-refractivity contribution in [3.63, 3.8) is 0 Å². The number of rotatable bonds is 2. The third-order valence-corrected chi connectivity index (χ3v) is 6.28. The van der Waals surface area contributed by atoms with Crippen molar-refractivity contribution in [2.75, 3.05) is 46.6 Å². The number of imidazole rings is 1. The molecule has 9 nitrogen and oxygen atoms in total. The number of pyridine rings is 1. The van der Waals surface area contributed by atoms with Crippen LogP contribution in [-0.4, -0.2) is 88.8 Å². The van der Waals surface area contributed by atoms with Crippen molar-refractivity contribution in [3.05, 3.63) is 24.2 Å². The van der Waals surface area contributed by atoms with Crippen molar-refractivity contribution in [1.29, 1.82) is 0 Å². The van der Waals surface area contributed by atoms with Gasteiger partial charge in [0, 0.05) is 45.6 Å². The van der Waals surface area contributed by atoms with Crippen molar-refractivity contribution in [2.24, 2.45) is 5.92 Å². The van der Waals surface area contributed by atoms with Gasteiger partial charge in [-0.25, -0.2) is 9.97 Å². The molecule has 3 saturated heterocycles. The number of fused-ring (bicyclic) bond motifs is 4. The fraction of sp³-hybridized carbons (Fsp3) is 0.600. The van der Waals surface area contributed by atoms with Gasteiger partial charge in [0.2, 0.25) is 5.91 Å². The molecule has 0 aliphatic carbocycles. The predicted molar refractivity (Wildman–Crippen MR) is 103 cm³/mol. The summed E-state index contributed by atoms with van der Waals surface area (Å²) in [7, 11) is 1.79. The highest BCUT2D eigenvalue weighted by Crippen LogP contribution is 2.26. The number of amides is 2. The van der Waals surface area contributed by atoms with Crippen LogP contribution in [0.1, 0.15) is 29.2 Å². The Hall–Kier alpha value is -2.52. The molecule has 0 unspecified atom stereocenters. The standard InChI is InChI=1S/C20H25N5O4/c1-23-16-9-24(8-14(19(23)26)10-29-11-16)20(27)13-6-17-18(21-7-13)25(12-22-17)15-2-4-28-5-3-15/h6-7,12,14-16H,2-5,8-11H2,1H3/t14-,16+/m1/s1. The first-order valence-corrected chi connectivity index (χ1v) is 10.2. The number of hydrogen-bond acceptors (Lipinski definition) is 6. The Kier molecular flexibility index (Phi) is 4.71. The largest absolute Gasteiger partial charge is 0.381 e. The Morgan fingerprint density at radius 2 is 1.93 bits per heavy atom. The van der Waals surface area contributed by atoms with Crippen molar-refractivity contribution >= 4 is 23.0 Å². The average Bonchev–Trinajstić information content (AvgIpc) is 3.06. The SMILES string of the molecule is CN1C(=O)[C@H]2COC[C@@H]1CN(C(=O)c1cnc3c(c1)ncn3C1CCOCC1)C2. The Bertz CT molecular complexity index is 938. The molecule has 9 heteroatoms. The van der Waals surface area contributed by atoms with Crippen LogP contribution < -0.4 is 0 Å². The first-order valence-electron chi connectivity index (χ1n) is 10.2. The summed E-state index contributed by atoms with van der Waals surface area (Å²) in [5.41, 5.74) is 2.02. The molecule has 3 fully saturated rings. The molecule has 0 N–H and O–H groups in total. The van der Waals surface area contributed by atoms with E-state index in [0.717, 1.165) is 31.7 Å². The molecule has 2 aromatic heterocycles. The maximum atomic E-state index is 13.2. The van der Waals surface area contributed by atoms with Crippen LogP contribution in [-0.2, 0) is 14.3 Å². The van der Waals surface area contributed by atoms with Gasteiger partial charge in [-0.3, -0.25) is 9.59 Å². The zero-order valence-electron chi connectivity index (χ0n) is 16.5. The highest BCUT2D eigenvalue weighted by atomic mass is 16.5. The van der Waals surface area contributed by atoms with Crippen LogP contribution in [0.25, 0.3) is 11.2 Å². The maximum Gasteiger partial charge on any atom is 0.255 e. The second kappa shape index (κ2) is 7.38. The van der Waals surface area contributed by atoms with Gasteiger partial charge in [0.1, 0.15) is 5.52 Å². The molecule has 2 aromatic rings. The highest BCUT2D eigenvalue weighted by molar-refractivity contribution is 5.97. The van der Waals surface area contributed by atoms with E-state index < -0.39 is 0 Å². The minimum Gasteiger partial charge on any atom is -0.381 e. The Labute approximate surface area is 168 Å². The lowest BCUT2D eigenvalue weighted by atomic mass is 10.1. The third kappa shape index (κ3) is 3.28. The summed E-state index contributed by atoms with van der Waals surface area (Å²) in [6, 6.07) is 2.01. The van der Waals surface area contributed by atoms with E-state index in [2.05, 4.69) is 14.5 Å². The van der Waals surface area contributed by atoms with E-state index in [4.69, 9.17) is 9.47 Å². The summed E-state index contributed by atoms with van der Waals surface area (Å²) in [4.78, 5) is 38.3. The molecule has 2 atom stereocenters. The normalized spacial score (nSPS) is 26.0. The van der Waals surface area contributed by atoms with Crippen molar-refractivity contribution in [1.82, 2.24) is 24.3 Å². The lowest BCUT2D eigenvalue weighted by Crippen LogP contribution is -2.45. The van der Waals surface area contributed by atoms with Gasteiger partial charge in [0.25, 0.3) is 5.91 Å². The molecular weight excluding hydrogens is 374 g/mol. The van der Waals surface area contributed by atoms with E-state index in [1.807, 2.05) is 12.4 Å². The fourth-order valence-corrected chi connectivity index (χ4v) is 4.51. The van der Waals surface area contributed by atoms with Crippen LogP contribution in [0.3, 0.4) is 0 Å². The van der Waals surface area contributed by atoms with Crippen LogP contribution in [0.5, 0.6) is 0 Å². The van der Waals surface area contributed by atoms with Crippen molar-refractivity contribution < 1.29 is 19.1 Å². The number of ether oxygens (including phenoxy) is 2. The van der Waals surface area contributed by atoms with E-state index >= 15 is 0 Å². The second-order valence-corrected chi connectivity index (χ2v) is 8.11. The lowest BCUT2D eigenvalue weighted by molar-refractivity contribution is -0.133. The van der Waals surface area contributed by atoms with Crippen LogP contribution in [0.4, 0.5) is 0 Å². The minimum absolute atomic E-state index is 0.0478. The number of hydrogen-bond donors (Lipinski definition) is 0. The van der Waals surface area contributed by atoms with Gasteiger partial charge in [-0.15, -0.1) is 0 Å². The van der Waals surface area contributed by atoms with E-state index in [-0.39, 0.29) is 23.8 Å². The monoisotopic (exact) mass is 399 g/mol. The van der Waals surface area contributed by atoms with Crippen molar-refractivity contribution in [2.45, 2.75) is 24.9 Å². The smallest absolute Gasteiger partial charge is 0.255 e. The van der Waals surface area contributed by atoms with Crippen LogP contribution in [0, 0.1) is 5.92 Å². The first kappa shape index (κ1) is 18.5. The van der Waals surface area contributed by atoms with Gasteiger partial charge < -0.3 is 23.8 Å². The van der Waals surface area contributed by atoms with Gasteiger partial charge >= 0.3 is 0 Å². The molecule has 2 bridgehead atoms. The van der Waals surface area contributed by atoms with E-state index in [1.165, 1.54) is 0 Å². The Morgan fingerprint density at radius 1 is 1.10 bits per heavy atom.